The maximum Gasteiger partial charge on any atom is 0.226 e. The third kappa shape index (κ3) is 4.02. The molecule has 166 valence electrons. The van der Waals surface area contributed by atoms with E-state index >= 15 is 0 Å². The molecule has 0 aliphatic rings. The quantitative estimate of drug-likeness (QED) is 0.379. The number of nitrogens with zero attached hydrogens (tertiary/aromatic N) is 2. The van der Waals surface area contributed by atoms with Gasteiger partial charge >= 0.3 is 0 Å². The Bertz CT molecular complexity index is 1470. The Kier molecular flexibility index (Phi) is 5.47. The summed E-state index contributed by atoms with van der Waals surface area (Å²) in [7, 11) is 0. The summed E-state index contributed by atoms with van der Waals surface area (Å²) in [5.74, 6) is 0.00299. The molecule has 3 heterocycles. The number of fused-ring (bicyclic) bond motifs is 2. The predicted octanol–water partition coefficient (Wildman–Crippen LogP) is 5.31. The molecule has 0 unspecified atom stereocenters. The van der Waals surface area contributed by atoms with Gasteiger partial charge in [0.2, 0.25) is 5.91 Å². The molecule has 33 heavy (non-hydrogen) atoms. The van der Waals surface area contributed by atoms with Crippen molar-refractivity contribution < 1.29 is 4.79 Å². The Morgan fingerprint density at radius 1 is 1.00 bits per heavy atom. The van der Waals surface area contributed by atoms with Gasteiger partial charge in [-0.1, -0.05) is 36.4 Å². The van der Waals surface area contributed by atoms with Crippen molar-refractivity contribution in [3.8, 4) is 11.3 Å². The molecule has 5 aromatic rings. The van der Waals surface area contributed by atoms with Crippen molar-refractivity contribution in [1.82, 2.24) is 19.7 Å². The Hall–Kier alpha value is -3.86. The van der Waals surface area contributed by atoms with E-state index in [1.165, 1.54) is 22.1 Å². The van der Waals surface area contributed by atoms with Crippen LogP contribution in [0.1, 0.15) is 27.9 Å². The predicted molar refractivity (Wildman–Crippen MR) is 134 cm³/mol. The molecular weight excluding hydrogens is 408 g/mol. The number of pyridine rings is 1. The van der Waals surface area contributed by atoms with E-state index in [1.807, 2.05) is 30.6 Å². The number of H-pyrrole nitrogens is 1. The van der Waals surface area contributed by atoms with Crippen LogP contribution in [0.25, 0.3) is 27.8 Å². The van der Waals surface area contributed by atoms with E-state index in [2.05, 4.69) is 71.9 Å². The molecule has 0 radical (unpaired) electrons. The smallest absolute Gasteiger partial charge is 0.226 e. The summed E-state index contributed by atoms with van der Waals surface area (Å²) in [6.45, 7) is 6.86. The maximum absolute atomic E-state index is 13.0. The monoisotopic (exact) mass is 436 g/mol. The Labute approximate surface area is 193 Å². The minimum absolute atomic E-state index is 0.00299. The number of hydrogen-bond acceptors (Lipinski definition) is 2. The van der Waals surface area contributed by atoms with Crippen LogP contribution in [0.3, 0.4) is 0 Å². The van der Waals surface area contributed by atoms with Crippen LogP contribution in [-0.2, 0) is 17.6 Å². The van der Waals surface area contributed by atoms with Crippen LogP contribution >= 0.6 is 0 Å². The summed E-state index contributed by atoms with van der Waals surface area (Å²) < 4.78 is 2.05. The molecule has 3 aromatic heterocycles. The highest BCUT2D eigenvalue weighted by Gasteiger charge is 2.18. The van der Waals surface area contributed by atoms with Crippen LogP contribution in [0.15, 0.2) is 67.0 Å². The Morgan fingerprint density at radius 3 is 2.70 bits per heavy atom. The molecule has 0 spiro atoms. The lowest BCUT2D eigenvalue weighted by molar-refractivity contribution is -0.120. The normalized spacial score (nSPS) is 11.4. The van der Waals surface area contributed by atoms with Crippen molar-refractivity contribution in [2.45, 2.75) is 33.6 Å². The minimum Gasteiger partial charge on any atom is -0.361 e. The zero-order chi connectivity index (χ0) is 22.9. The SMILES string of the molecule is Cc1ccc(-c2nc3c(C)cccn3c2CC(=O)NCCc2c[nH]c3ccccc23)cc1C. The summed E-state index contributed by atoms with van der Waals surface area (Å²) in [4.78, 5) is 21.2. The molecule has 0 bridgehead atoms. The number of amides is 1. The van der Waals surface area contributed by atoms with E-state index in [1.54, 1.807) is 0 Å². The van der Waals surface area contributed by atoms with Crippen LogP contribution < -0.4 is 5.32 Å². The van der Waals surface area contributed by atoms with Crippen molar-refractivity contribution in [2.24, 2.45) is 0 Å². The van der Waals surface area contributed by atoms with Gasteiger partial charge in [-0.25, -0.2) is 4.98 Å². The standard InChI is InChI=1S/C28H28N4O/c1-18-10-11-21(15-20(18)3)27-25(32-14-6-7-19(2)28(32)31-27)16-26(33)29-13-12-22-17-30-24-9-5-4-8-23(22)24/h4-11,14-15,17,30H,12-13,16H2,1-3H3,(H,29,33). The van der Waals surface area contributed by atoms with Gasteiger partial charge in [-0.2, -0.15) is 0 Å². The molecule has 2 aromatic carbocycles. The largest absolute Gasteiger partial charge is 0.361 e. The van der Waals surface area contributed by atoms with E-state index in [-0.39, 0.29) is 12.3 Å². The molecule has 0 aliphatic heterocycles. The zero-order valence-electron chi connectivity index (χ0n) is 19.3. The second-order valence-electron chi connectivity index (χ2n) is 8.73. The first-order valence-corrected chi connectivity index (χ1v) is 11.4. The van der Waals surface area contributed by atoms with Crippen molar-refractivity contribution in [3.05, 3.63) is 94.9 Å². The van der Waals surface area contributed by atoms with Crippen LogP contribution in [0.4, 0.5) is 0 Å². The van der Waals surface area contributed by atoms with Gasteiger partial charge in [0.05, 0.1) is 17.8 Å². The van der Waals surface area contributed by atoms with Crippen molar-refractivity contribution in [2.75, 3.05) is 6.54 Å². The lowest BCUT2D eigenvalue weighted by atomic mass is 10.0. The van der Waals surface area contributed by atoms with Gasteiger partial charge in [0, 0.05) is 35.4 Å². The van der Waals surface area contributed by atoms with E-state index in [9.17, 15) is 4.79 Å². The Morgan fingerprint density at radius 2 is 1.85 bits per heavy atom. The van der Waals surface area contributed by atoms with Gasteiger partial charge in [0.25, 0.3) is 0 Å². The van der Waals surface area contributed by atoms with Crippen LogP contribution in [0.2, 0.25) is 0 Å². The molecule has 0 saturated heterocycles. The number of para-hydroxylation sites is 1. The topological polar surface area (TPSA) is 62.2 Å². The third-order valence-corrected chi connectivity index (χ3v) is 6.44. The number of carbonyl (C=O) groups excluding carboxylic acids is 1. The van der Waals surface area contributed by atoms with Gasteiger partial charge in [0.15, 0.2) is 0 Å². The fourth-order valence-corrected chi connectivity index (χ4v) is 4.43. The molecule has 1 amide bonds. The van der Waals surface area contributed by atoms with E-state index < -0.39 is 0 Å². The first kappa shape index (κ1) is 21.0. The summed E-state index contributed by atoms with van der Waals surface area (Å²) in [5, 5.41) is 4.32. The zero-order valence-corrected chi connectivity index (χ0v) is 19.3. The van der Waals surface area contributed by atoms with Gasteiger partial charge < -0.3 is 14.7 Å². The van der Waals surface area contributed by atoms with Crippen LogP contribution in [-0.4, -0.2) is 26.8 Å². The molecule has 5 rings (SSSR count). The first-order chi connectivity index (χ1) is 16.0. The number of aryl methyl sites for hydroxylation is 3. The van der Waals surface area contributed by atoms with Crippen LogP contribution in [0.5, 0.6) is 0 Å². The van der Waals surface area contributed by atoms with E-state index in [0.717, 1.165) is 40.1 Å². The molecule has 2 N–H and O–H groups in total. The number of nitrogens with one attached hydrogen (secondary N) is 2. The van der Waals surface area contributed by atoms with Gasteiger partial charge in [0.1, 0.15) is 5.65 Å². The Balaban J connectivity index is 1.38. The van der Waals surface area contributed by atoms with Crippen molar-refractivity contribution in [3.63, 3.8) is 0 Å². The molecule has 0 atom stereocenters. The highest BCUT2D eigenvalue weighted by atomic mass is 16.1. The van der Waals surface area contributed by atoms with E-state index in [4.69, 9.17) is 4.98 Å². The highest BCUT2D eigenvalue weighted by molar-refractivity contribution is 5.84. The highest BCUT2D eigenvalue weighted by Crippen LogP contribution is 2.28. The number of aromatic nitrogens is 3. The van der Waals surface area contributed by atoms with Crippen molar-refractivity contribution >= 4 is 22.5 Å². The summed E-state index contributed by atoms with van der Waals surface area (Å²) in [5.41, 5.74) is 9.63. The van der Waals surface area contributed by atoms with E-state index in [0.29, 0.717) is 6.54 Å². The lowest BCUT2D eigenvalue weighted by Gasteiger charge is -2.09. The average Bonchev–Trinajstić information content (AvgIpc) is 3.39. The number of rotatable bonds is 6. The summed E-state index contributed by atoms with van der Waals surface area (Å²) >= 11 is 0. The second kappa shape index (κ2) is 8.58. The fourth-order valence-electron chi connectivity index (χ4n) is 4.43. The molecule has 0 fully saturated rings. The third-order valence-electron chi connectivity index (χ3n) is 6.44. The second-order valence-corrected chi connectivity index (χ2v) is 8.73. The fraction of sp³-hybridized carbons (Fsp3) is 0.214. The molecular formula is C28H28N4O. The summed E-state index contributed by atoms with van der Waals surface area (Å²) in [6.07, 6.45) is 5.09. The number of hydrogen-bond donors (Lipinski definition) is 2. The van der Waals surface area contributed by atoms with Gasteiger partial charge in [-0.3, -0.25) is 4.79 Å². The molecule has 0 aliphatic carbocycles. The number of carbonyl (C=O) groups is 1. The lowest BCUT2D eigenvalue weighted by Crippen LogP contribution is -2.27. The summed E-state index contributed by atoms with van der Waals surface area (Å²) in [6, 6.07) is 18.7. The number of benzene rings is 2. The van der Waals surface area contributed by atoms with Gasteiger partial charge in [-0.15, -0.1) is 0 Å². The maximum atomic E-state index is 13.0. The molecule has 5 nitrogen and oxygen atoms in total. The van der Waals surface area contributed by atoms with Gasteiger partial charge in [-0.05, 0) is 67.6 Å². The van der Waals surface area contributed by atoms with Crippen molar-refractivity contribution in [1.29, 1.82) is 0 Å². The van der Waals surface area contributed by atoms with Crippen LogP contribution in [0, 0.1) is 20.8 Å². The number of aromatic amines is 1. The minimum atomic E-state index is 0.00299. The average molecular weight is 437 g/mol. The first-order valence-electron chi connectivity index (χ1n) is 11.4. The number of imidazole rings is 1. The molecule has 0 saturated carbocycles. The molecule has 5 heteroatoms.